The number of nitriles is 1. The van der Waals surface area contributed by atoms with Gasteiger partial charge in [0.25, 0.3) is 0 Å². The number of carboxylic acids is 1. The average Bonchev–Trinajstić information content (AvgIpc) is 2.91. The first-order chi connectivity index (χ1) is 10.7. The van der Waals surface area contributed by atoms with Crippen molar-refractivity contribution in [2.75, 3.05) is 6.54 Å². The number of carboxylic acid groups (broad SMARTS) is 1. The highest BCUT2D eigenvalue weighted by atomic mass is 16.6. The Bertz CT molecular complexity index is 710. The molecule has 1 unspecified atom stereocenters. The van der Waals surface area contributed by atoms with E-state index in [-0.39, 0.29) is 6.54 Å². The zero-order valence-electron chi connectivity index (χ0n) is 13.2. The maximum Gasteiger partial charge on any atom is 0.411 e. The van der Waals surface area contributed by atoms with Crippen molar-refractivity contribution in [2.24, 2.45) is 0 Å². The van der Waals surface area contributed by atoms with E-state index < -0.39 is 23.7 Å². The number of amides is 1. The van der Waals surface area contributed by atoms with Crippen LogP contribution in [0.2, 0.25) is 0 Å². The molecule has 120 valence electrons. The molecule has 0 aromatic heterocycles. The first-order valence-electron chi connectivity index (χ1n) is 7.15. The van der Waals surface area contributed by atoms with Crippen LogP contribution in [-0.2, 0) is 9.53 Å². The molecule has 6 nitrogen and oxygen atoms in total. The molecule has 0 saturated heterocycles. The second-order valence-corrected chi connectivity index (χ2v) is 6.28. The smallest absolute Gasteiger partial charge is 0.411 e. The van der Waals surface area contributed by atoms with Crippen LogP contribution >= 0.6 is 0 Å². The molecule has 1 N–H and O–H groups in total. The van der Waals surface area contributed by atoms with Gasteiger partial charge in [-0.25, -0.2) is 9.59 Å². The fourth-order valence-electron chi connectivity index (χ4n) is 2.29. The normalized spacial score (nSPS) is 17.4. The van der Waals surface area contributed by atoms with Crippen molar-refractivity contribution in [3.8, 4) is 6.07 Å². The molecule has 0 aliphatic carbocycles. The van der Waals surface area contributed by atoms with Crippen LogP contribution in [0.25, 0.3) is 5.57 Å². The predicted octanol–water partition coefficient (Wildman–Crippen LogP) is 2.65. The van der Waals surface area contributed by atoms with Crippen molar-refractivity contribution in [2.45, 2.75) is 32.4 Å². The Hall–Kier alpha value is -2.81. The average molecular weight is 314 g/mol. The molecule has 6 heteroatoms. The first kappa shape index (κ1) is 16.6. The molecule has 1 aliphatic heterocycles. The number of ether oxygens (including phenoxy) is 1. The fraction of sp³-hybridized carbons (Fsp3) is 0.353. The van der Waals surface area contributed by atoms with E-state index in [4.69, 9.17) is 10.00 Å². The number of benzene rings is 1. The Morgan fingerprint density at radius 1 is 1.39 bits per heavy atom. The Labute approximate surface area is 134 Å². The molecule has 1 heterocycles. The minimum absolute atomic E-state index is 0.126. The van der Waals surface area contributed by atoms with Gasteiger partial charge in [0.1, 0.15) is 5.60 Å². The number of hydrogen-bond acceptors (Lipinski definition) is 4. The largest absolute Gasteiger partial charge is 0.479 e. The summed E-state index contributed by atoms with van der Waals surface area (Å²) in [6.07, 6.45) is 0.843. The summed E-state index contributed by atoms with van der Waals surface area (Å²) in [4.78, 5) is 24.8. The third kappa shape index (κ3) is 3.89. The minimum atomic E-state index is -1.12. The van der Waals surface area contributed by atoms with Gasteiger partial charge < -0.3 is 9.84 Å². The van der Waals surface area contributed by atoms with Gasteiger partial charge >= 0.3 is 12.1 Å². The summed E-state index contributed by atoms with van der Waals surface area (Å²) in [6, 6.07) is 7.80. The van der Waals surface area contributed by atoms with E-state index in [2.05, 4.69) is 0 Å². The lowest BCUT2D eigenvalue weighted by molar-refractivity contribution is -0.140. The summed E-state index contributed by atoms with van der Waals surface area (Å²) in [5.41, 5.74) is 1.18. The van der Waals surface area contributed by atoms with Crippen LogP contribution in [0.15, 0.2) is 30.3 Å². The summed E-state index contributed by atoms with van der Waals surface area (Å²) in [6.45, 7) is 5.30. The highest BCUT2D eigenvalue weighted by molar-refractivity contribution is 5.89. The van der Waals surface area contributed by atoms with Crippen molar-refractivity contribution >= 4 is 17.6 Å². The molecule has 1 atom stereocenters. The van der Waals surface area contributed by atoms with E-state index >= 15 is 0 Å². The van der Waals surface area contributed by atoms with Crippen molar-refractivity contribution in [1.82, 2.24) is 4.90 Å². The lowest BCUT2D eigenvalue weighted by Crippen LogP contribution is -2.43. The predicted molar refractivity (Wildman–Crippen MR) is 83.5 cm³/mol. The molecule has 23 heavy (non-hydrogen) atoms. The summed E-state index contributed by atoms with van der Waals surface area (Å²) >= 11 is 0. The van der Waals surface area contributed by atoms with Gasteiger partial charge in [-0.15, -0.1) is 0 Å². The van der Waals surface area contributed by atoms with Crippen molar-refractivity contribution in [1.29, 1.82) is 5.26 Å². The molecular formula is C17H18N2O4. The topological polar surface area (TPSA) is 90.6 Å². The maximum atomic E-state index is 12.2. The van der Waals surface area contributed by atoms with Gasteiger partial charge in [-0.2, -0.15) is 5.26 Å². The van der Waals surface area contributed by atoms with Gasteiger partial charge in [-0.05, 0) is 50.1 Å². The van der Waals surface area contributed by atoms with E-state index in [0.29, 0.717) is 11.1 Å². The Morgan fingerprint density at radius 3 is 2.65 bits per heavy atom. The zero-order chi connectivity index (χ0) is 17.2. The SMILES string of the molecule is CC(C)(C)OC(=O)N1CC(c2cccc(C#N)c2)=CC1C(=O)O. The number of nitrogens with zero attached hydrogens (tertiary/aromatic N) is 2. The summed E-state index contributed by atoms with van der Waals surface area (Å²) in [7, 11) is 0. The quantitative estimate of drug-likeness (QED) is 0.906. The first-order valence-corrected chi connectivity index (χ1v) is 7.15. The molecule has 2 rings (SSSR count). The molecular weight excluding hydrogens is 296 g/mol. The highest BCUT2D eigenvalue weighted by Gasteiger charge is 2.36. The second kappa shape index (κ2) is 6.13. The van der Waals surface area contributed by atoms with Crippen LogP contribution in [0, 0.1) is 11.3 Å². The van der Waals surface area contributed by atoms with Gasteiger partial charge in [0, 0.05) is 0 Å². The number of aliphatic carboxylic acids is 1. The minimum Gasteiger partial charge on any atom is -0.479 e. The Kier molecular flexibility index (Phi) is 4.41. The van der Waals surface area contributed by atoms with Crippen molar-refractivity contribution < 1.29 is 19.4 Å². The van der Waals surface area contributed by atoms with Crippen molar-refractivity contribution in [3.63, 3.8) is 0 Å². The van der Waals surface area contributed by atoms with E-state index in [1.54, 1.807) is 45.0 Å². The number of carbonyl (C=O) groups excluding carboxylic acids is 1. The lowest BCUT2D eigenvalue weighted by Gasteiger charge is -2.27. The number of carbonyl (C=O) groups is 2. The number of hydrogen-bond donors (Lipinski definition) is 1. The molecule has 1 amide bonds. The van der Waals surface area contributed by atoms with Crippen molar-refractivity contribution in [3.05, 3.63) is 41.5 Å². The molecule has 1 aliphatic rings. The third-order valence-electron chi connectivity index (χ3n) is 3.28. The van der Waals surface area contributed by atoms with E-state index in [1.807, 2.05) is 6.07 Å². The molecule has 0 saturated carbocycles. The van der Waals surface area contributed by atoms with Gasteiger partial charge in [0.05, 0.1) is 18.2 Å². The second-order valence-electron chi connectivity index (χ2n) is 6.28. The van der Waals surface area contributed by atoms with Gasteiger partial charge in [-0.3, -0.25) is 4.90 Å². The zero-order valence-corrected chi connectivity index (χ0v) is 13.2. The molecule has 0 bridgehead atoms. The molecule has 0 fully saturated rings. The fourth-order valence-corrected chi connectivity index (χ4v) is 2.29. The summed E-state index contributed by atoms with van der Waals surface area (Å²) < 4.78 is 5.27. The monoisotopic (exact) mass is 314 g/mol. The molecule has 0 spiro atoms. The molecule has 1 aromatic rings. The van der Waals surface area contributed by atoms with Crippen LogP contribution in [0.5, 0.6) is 0 Å². The van der Waals surface area contributed by atoms with E-state index in [1.165, 1.54) is 11.0 Å². The molecule has 0 radical (unpaired) electrons. The van der Waals surface area contributed by atoms with Crippen LogP contribution in [0.3, 0.4) is 0 Å². The van der Waals surface area contributed by atoms with Crippen LogP contribution in [-0.4, -0.2) is 40.3 Å². The summed E-state index contributed by atoms with van der Waals surface area (Å²) in [5.74, 6) is -1.12. The number of rotatable bonds is 2. The van der Waals surface area contributed by atoms with Gasteiger partial charge in [-0.1, -0.05) is 12.1 Å². The maximum absolute atomic E-state index is 12.2. The van der Waals surface area contributed by atoms with Gasteiger partial charge in [0.2, 0.25) is 0 Å². The van der Waals surface area contributed by atoms with E-state index in [0.717, 1.165) is 5.56 Å². The third-order valence-corrected chi connectivity index (χ3v) is 3.28. The Morgan fingerprint density at radius 2 is 2.09 bits per heavy atom. The standard InChI is InChI=1S/C17H18N2O4/c1-17(2,3)23-16(22)19-10-13(8-14(19)15(20)21)12-6-4-5-11(7-12)9-18/h4-8,14H,10H2,1-3H3,(H,20,21). The van der Waals surface area contributed by atoms with Crippen LogP contribution < -0.4 is 0 Å². The van der Waals surface area contributed by atoms with Crippen LogP contribution in [0.1, 0.15) is 31.9 Å². The molecule has 1 aromatic carbocycles. The van der Waals surface area contributed by atoms with Gasteiger partial charge in [0.15, 0.2) is 6.04 Å². The lowest BCUT2D eigenvalue weighted by atomic mass is 10.0. The van der Waals surface area contributed by atoms with E-state index in [9.17, 15) is 14.7 Å². The Balaban J connectivity index is 2.28. The summed E-state index contributed by atoms with van der Waals surface area (Å²) in [5, 5.41) is 18.3. The highest BCUT2D eigenvalue weighted by Crippen LogP contribution is 2.27. The van der Waals surface area contributed by atoms with Crippen LogP contribution in [0.4, 0.5) is 4.79 Å².